The number of carboxylic acid groups (broad SMARTS) is 3. The molecule has 0 bridgehead atoms. The average Bonchev–Trinajstić information content (AvgIpc) is 3.11. The number of rotatable bonds is 14. The second-order valence-corrected chi connectivity index (χ2v) is 13.9. The molecule has 16 heteroatoms. The number of benzene rings is 2. The molecule has 4 N–H and O–H groups in total. The Balaban J connectivity index is 0.000000478. The molecule has 0 aliphatic carbocycles. The van der Waals surface area contributed by atoms with Crippen LogP contribution in [-0.2, 0) is 28.7 Å². The molecule has 4 rings (SSSR count). The molecule has 2 aliphatic heterocycles. The molecule has 0 radical (unpaired) electrons. The van der Waals surface area contributed by atoms with Crippen molar-refractivity contribution < 1.29 is 53.9 Å². The van der Waals surface area contributed by atoms with Gasteiger partial charge in [0.1, 0.15) is 5.54 Å². The number of amides is 2. The maximum absolute atomic E-state index is 13.1. The standard InChI is InChI=1S/C30H37Cl2N3O4.C6H8O7/c1-33(28(37)22-8-4-3-5-9-22)21-24(23-11-12-25(31)26(32)20-23)13-17-34-18-14-30(15-19-34,29(38)39-2)35-16-7-6-10-27(35)36;7-3(8)1-6(13,5(11)12)2-4(9)10/h3-5,8-9,11-12,20,24H,6-7,10,13-19,21H2,1-2H3;13H,1-2H2,(H,7,8)(H,9,10)(H,11,12)/t24-;/m1./s1. The van der Waals surface area contributed by atoms with Gasteiger partial charge in [0.05, 0.1) is 30.0 Å². The van der Waals surface area contributed by atoms with E-state index in [1.54, 1.807) is 15.9 Å². The molecule has 284 valence electrons. The monoisotopic (exact) mass is 765 g/mol. The zero-order chi connectivity index (χ0) is 38.6. The van der Waals surface area contributed by atoms with Gasteiger partial charge in [0.15, 0.2) is 5.60 Å². The molecular weight excluding hydrogens is 721 g/mol. The molecule has 2 heterocycles. The van der Waals surface area contributed by atoms with Gasteiger partial charge >= 0.3 is 23.9 Å². The van der Waals surface area contributed by atoms with E-state index in [0.29, 0.717) is 61.1 Å². The molecule has 0 unspecified atom stereocenters. The molecule has 2 amide bonds. The molecule has 0 spiro atoms. The first kappa shape index (κ1) is 42.2. The van der Waals surface area contributed by atoms with Gasteiger partial charge in [0.2, 0.25) is 5.91 Å². The first-order valence-electron chi connectivity index (χ1n) is 16.8. The van der Waals surface area contributed by atoms with E-state index in [1.807, 2.05) is 49.5 Å². The minimum absolute atomic E-state index is 0.0345. The van der Waals surface area contributed by atoms with Crippen molar-refractivity contribution in [3.8, 4) is 0 Å². The highest BCUT2D eigenvalue weighted by Crippen LogP contribution is 2.35. The number of likely N-dealkylation sites (N-methyl/N-ethyl adjacent to an activating group) is 1. The second kappa shape index (κ2) is 19.0. The molecule has 2 aromatic carbocycles. The van der Waals surface area contributed by atoms with Gasteiger partial charge in [0, 0.05) is 51.1 Å². The minimum atomic E-state index is -2.74. The summed E-state index contributed by atoms with van der Waals surface area (Å²) in [6, 6.07) is 14.9. The Labute approximate surface area is 311 Å². The fraction of sp³-hybridized carbons (Fsp3) is 0.500. The zero-order valence-electron chi connectivity index (χ0n) is 29.1. The minimum Gasteiger partial charge on any atom is -0.481 e. The molecule has 0 aromatic heterocycles. The number of nitrogens with zero attached hydrogens (tertiary/aromatic N) is 3. The maximum Gasteiger partial charge on any atom is 0.336 e. The number of hydrogen-bond donors (Lipinski definition) is 4. The van der Waals surface area contributed by atoms with Crippen LogP contribution in [-0.4, -0.2) is 129 Å². The van der Waals surface area contributed by atoms with Gasteiger partial charge in [-0.05, 0) is 68.5 Å². The number of likely N-dealkylation sites (tertiary alicyclic amines) is 2. The molecule has 14 nitrogen and oxygen atoms in total. The van der Waals surface area contributed by atoms with Gasteiger partial charge < -0.3 is 39.9 Å². The number of hydrogen-bond acceptors (Lipinski definition) is 9. The van der Waals surface area contributed by atoms with Crippen molar-refractivity contribution in [3.05, 3.63) is 69.7 Å². The SMILES string of the molecule is COC(=O)C1(N2CCCCC2=O)CCN(CC[C@H](CN(C)C(=O)c2ccccc2)c2ccc(Cl)c(Cl)c2)CC1.O=C(O)CC(O)(CC(=O)O)C(=O)O. The Morgan fingerprint density at radius 3 is 2.06 bits per heavy atom. The summed E-state index contributed by atoms with van der Waals surface area (Å²) in [7, 11) is 3.22. The summed E-state index contributed by atoms with van der Waals surface area (Å²) in [5.74, 6) is -5.28. The van der Waals surface area contributed by atoms with Crippen LogP contribution in [0.1, 0.15) is 73.2 Å². The number of carbonyl (C=O) groups is 6. The third kappa shape index (κ3) is 11.1. The Morgan fingerprint density at radius 1 is 0.923 bits per heavy atom. The van der Waals surface area contributed by atoms with E-state index in [9.17, 15) is 28.8 Å². The van der Waals surface area contributed by atoms with Crippen molar-refractivity contribution in [1.82, 2.24) is 14.7 Å². The lowest BCUT2D eigenvalue weighted by molar-refractivity contribution is -0.170. The van der Waals surface area contributed by atoms with Gasteiger partial charge in [-0.3, -0.25) is 19.2 Å². The first-order valence-corrected chi connectivity index (χ1v) is 17.5. The Bertz CT molecular complexity index is 1580. The van der Waals surface area contributed by atoms with Crippen molar-refractivity contribution in [1.29, 1.82) is 0 Å². The summed E-state index contributed by atoms with van der Waals surface area (Å²) >= 11 is 12.6. The third-order valence-corrected chi connectivity index (χ3v) is 10.2. The fourth-order valence-electron chi connectivity index (χ4n) is 6.58. The van der Waals surface area contributed by atoms with Gasteiger partial charge in [0.25, 0.3) is 5.91 Å². The fourth-order valence-corrected chi connectivity index (χ4v) is 6.88. The highest BCUT2D eigenvalue weighted by atomic mass is 35.5. The Morgan fingerprint density at radius 2 is 1.54 bits per heavy atom. The summed E-state index contributed by atoms with van der Waals surface area (Å²) < 4.78 is 5.20. The van der Waals surface area contributed by atoms with Crippen molar-refractivity contribution in [3.63, 3.8) is 0 Å². The molecule has 0 saturated carbocycles. The lowest BCUT2D eigenvalue weighted by atomic mass is 9.83. The molecule has 2 aliphatic rings. The second-order valence-electron chi connectivity index (χ2n) is 13.1. The molecule has 52 heavy (non-hydrogen) atoms. The number of halogens is 2. The summed E-state index contributed by atoms with van der Waals surface area (Å²) in [6.45, 7) is 3.28. The van der Waals surface area contributed by atoms with Gasteiger partial charge in [-0.2, -0.15) is 0 Å². The van der Waals surface area contributed by atoms with Crippen molar-refractivity contribution in [2.45, 2.75) is 68.4 Å². The number of ether oxygens (including phenoxy) is 1. The van der Waals surface area contributed by atoms with Gasteiger partial charge in [-0.25, -0.2) is 9.59 Å². The van der Waals surface area contributed by atoms with E-state index >= 15 is 0 Å². The van der Waals surface area contributed by atoms with Crippen molar-refractivity contribution >= 4 is 58.9 Å². The summed E-state index contributed by atoms with van der Waals surface area (Å²) in [5.41, 5.74) is -1.95. The predicted molar refractivity (Wildman–Crippen MR) is 190 cm³/mol. The average molecular weight is 767 g/mol. The topological polar surface area (TPSA) is 202 Å². The molecule has 2 fully saturated rings. The first-order chi connectivity index (χ1) is 24.5. The lowest BCUT2D eigenvalue weighted by Gasteiger charge is -2.48. The molecule has 2 aromatic rings. The van der Waals surface area contributed by atoms with Crippen LogP contribution in [0.5, 0.6) is 0 Å². The number of aliphatic hydroxyl groups is 1. The number of carboxylic acids is 3. The highest BCUT2D eigenvalue weighted by Gasteiger charge is 2.49. The Kier molecular flexibility index (Phi) is 15.4. The van der Waals surface area contributed by atoms with E-state index in [1.165, 1.54) is 7.11 Å². The smallest absolute Gasteiger partial charge is 0.336 e. The van der Waals surface area contributed by atoms with Crippen molar-refractivity contribution in [2.75, 3.05) is 46.9 Å². The Hall–Kier alpha value is -4.24. The van der Waals surface area contributed by atoms with E-state index in [0.717, 1.165) is 31.4 Å². The highest BCUT2D eigenvalue weighted by molar-refractivity contribution is 6.42. The zero-order valence-corrected chi connectivity index (χ0v) is 30.6. The van der Waals surface area contributed by atoms with E-state index in [-0.39, 0.29) is 23.7 Å². The van der Waals surface area contributed by atoms with Crippen LogP contribution in [0.25, 0.3) is 0 Å². The largest absolute Gasteiger partial charge is 0.481 e. The van der Waals surface area contributed by atoms with Crippen LogP contribution in [0.15, 0.2) is 48.5 Å². The number of esters is 1. The number of aliphatic carboxylic acids is 3. The van der Waals surface area contributed by atoms with E-state index < -0.39 is 41.9 Å². The van der Waals surface area contributed by atoms with Crippen LogP contribution < -0.4 is 0 Å². The quantitative estimate of drug-likeness (QED) is 0.202. The lowest BCUT2D eigenvalue weighted by Crippen LogP contribution is -2.63. The number of methoxy groups -OCH3 is 1. The maximum atomic E-state index is 13.1. The van der Waals surface area contributed by atoms with Crippen LogP contribution >= 0.6 is 23.2 Å². The third-order valence-electron chi connectivity index (χ3n) is 9.44. The van der Waals surface area contributed by atoms with E-state index in [2.05, 4.69) is 4.90 Å². The number of carbonyl (C=O) groups excluding carboxylic acids is 3. The van der Waals surface area contributed by atoms with Crippen LogP contribution in [0.2, 0.25) is 10.0 Å². The predicted octanol–water partition coefficient (Wildman–Crippen LogP) is 4.01. The number of piperidine rings is 2. The summed E-state index contributed by atoms with van der Waals surface area (Å²) in [6.07, 6.45) is 1.87. The van der Waals surface area contributed by atoms with Crippen molar-refractivity contribution in [2.24, 2.45) is 0 Å². The molecule has 2 saturated heterocycles. The summed E-state index contributed by atoms with van der Waals surface area (Å²) in [5, 5.41) is 34.8. The summed E-state index contributed by atoms with van der Waals surface area (Å²) in [4.78, 5) is 75.1. The van der Waals surface area contributed by atoms with Gasteiger partial charge in [-0.15, -0.1) is 0 Å². The molecular formula is C36H45Cl2N3O11. The van der Waals surface area contributed by atoms with Crippen LogP contribution in [0, 0.1) is 0 Å². The van der Waals surface area contributed by atoms with E-state index in [4.69, 9.17) is 48.4 Å². The normalized spacial score (nSPS) is 16.6. The molecule has 1 atom stereocenters. The van der Waals surface area contributed by atoms with Crippen LogP contribution in [0.3, 0.4) is 0 Å². The van der Waals surface area contributed by atoms with Crippen LogP contribution in [0.4, 0.5) is 0 Å². The van der Waals surface area contributed by atoms with Gasteiger partial charge in [-0.1, -0.05) is 47.5 Å².